The lowest BCUT2D eigenvalue weighted by Gasteiger charge is -2.14. The number of amides is 1. The van der Waals surface area contributed by atoms with Gasteiger partial charge in [-0.1, -0.05) is 25.5 Å². The summed E-state index contributed by atoms with van der Waals surface area (Å²) in [5.41, 5.74) is 1.01. The van der Waals surface area contributed by atoms with Crippen LogP contribution in [0.3, 0.4) is 0 Å². The first-order valence-corrected chi connectivity index (χ1v) is 8.10. The fourth-order valence-corrected chi connectivity index (χ4v) is 2.16. The van der Waals surface area contributed by atoms with Crippen LogP contribution in [0.5, 0.6) is 5.75 Å². The molecule has 126 valence electrons. The van der Waals surface area contributed by atoms with Crippen LogP contribution < -0.4 is 15.4 Å². The summed E-state index contributed by atoms with van der Waals surface area (Å²) in [6.07, 6.45) is 2.00. The van der Waals surface area contributed by atoms with Crippen molar-refractivity contribution in [2.45, 2.75) is 19.8 Å². The Morgan fingerprint density at radius 1 is 1.17 bits per heavy atom. The molecule has 0 aliphatic heterocycles. The van der Waals surface area contributed by atoms with Crippen molar-refractivity contribution in [3.63, 3.8) is 0 Å². The zero-order chi connectivity index (χ0) is 17.4. The van der Waals surface area contributed by atoms with Crippen molar-refractivity contribution in [3.05, 3.63) is 59.9 Å². The summed E-state index contributed by atoms with van der Waals surface area (Å²) in [4.78, 5) is 12.1. The van der Waals surface area contributed by atoms with E-state index in [0.29, 0.717) is 23.6 Å². The van der Waals surface area contributed by atoms with E-state index < -0.39 is 11.7 Å². The molecule has 0 spiro atoms. The lowest BCUT2D eigenvalue weighted by molar-refractivity contribution is 0.0977. The van der Waals surface area contributed by atoms with E-state index in [2.05, 4.69) is 17.6 Å². The minimum atomic E-state index is -0.406. The second-order valence-corrected chi connectivity index (χ2v) is 5.52. The average Bonchev–Trinajstić information content (AvgIpc) is 2.57. The second-order valence-electron chi connectivity index (χ2n) is 5.11. The topological polar surface area (TPSA) is 50.4 Å². The zero-order valence-corrected chi connectivity index (χ0v) is 14.2. The Hall–Kier alpha value is -2.47. The lowest BCUT2D eigenvalue weighted by Crippen LogP contribution is -2.34. The van der Waals surface area contributed by atoms with Crippen molar-refractivity contribution in [1.29, 1.82) is 0 Å². The molecule has 1 amide bonds. The molecule has 0 bridgehead atoms. The molecule has 0 radical (unpaired) electrons. The van der Waals surface area contributed by atoms with Gasteiger partial charge in [0.1, 0.15) is 11.6 Å². The van der Waals surface area contributed by atoms with Crippen LogP contribution in [0.4, 0.5) is 10.1 Å². The third-order valence-electron chi connectivity index (χ3n) is 3.22. The van der Waals surface area contributed by atoms with Gasteiger partial charge in [-0.15, -0.1) is 0 Å². The predicted molar refractivity (Wildman–Crippen MR) is 96.9 cm³/mol. The van der Waals surface area contributed by atoms with Crippen LogP contribution in [0.1, 0.15) is 30.1 Å². The molecule has 4 nitrogen and oxygen atoms in total. The summed E-state index contributed by atoms with van der Waals surface area (Å²) in [7, 11) is 0. The van der Waals surface area contributed by atoms with E-state index in [0.717, 1.165) is 12.8 Å². The highest BCUT2D eigenvalue weighted by atomic mass is 32.1. The van der Waals surface area contributed by atoms with Gasteiger partial charge in [-0.2, -0.15) is 0 Å². The van der Waals surface area contributed by atoms with Crippen LogP contribution in [0.2, 0.25) is 0 Å². The zero-order valence-electron chi connectivity index (χ0n) is 13.3. The van der Waals surface area contributed by atoms with Crippen LogP contribution in [0, 0.1) is 5.82 Å². The van der Waals surface area contributed by atoms with E-state index in [1.54, 1.807) is 0 Å². The summed E-state index contributed by atoms with van der Waals surface area (Å²) in [6, 6.07) is 12.6. The van der Waals surface area contributed by atoms with Gasteiger partial charge in [0.2, 0.25) is 0 Å². The van der Waals surface area contributed by atoms with Crippen LogP contribution in [0.15, 0.2) is 48.5 Å². The number of carbonyl (C=O) groups is 1. The van der Waals surface area contributed by atoms with E-state index >= 15 is 0 Å². The third kappa shape index (κ3) is 5.31. The molecule has 6 heteroatoms. The summed E-state index contributed by atoms with van der Waals surface area (Å²) >= 11 is 5.16. The largest absolute Gasteiger partial charge is 0.491 e. The minimum Gasteiger partial charge on any atom is -0.491 e. The Morgan fingerprint density at radius 3 is 2.58 bits per heavy atom. The van der Waals surface area contributed by atoms with Gasteiger partial charge in [-0.05, 0) is 55.0 Å². The number of para-hydroxylation sites is 2. The smallest absolute Gasteiger partial charge is 0.257 e. The number of ether oxygens (including phenoxy) is 1. The van der Waals surface area contributed by atoms with Crippen LogP contribution in [0.25, 0.3) is 0 Å². The normalized spacial score (nSPS) is 10.1. The van der Waals surface area contributed by atoms with Gasteiger partial charge in [0.25, 0.3) is 5.91 Å². The molecular formula is C18H19FN2O2S. The van der Waals surface area contributed by atoms with Gasteiger partial charge in [0.05, 0.1) is 12.3 Å². The standard InChI is InChI=1S/C18H19FN2O2S/c1-2-3-12-23-16-7-5-4-6-15(16)20-18(24)21-17(22)13-8-10-14(19)11-9-13/h4-11H,2-3,12H2,1H3,(H2,20,21,22,24). The van der Waals surface area contributed by atoms with Crippen molar-refractivity contribution < 1.29 is 13.9 Å². The van der Waals surface area contributed by atoms with Crippen molar-refractivity contribution in [2.75, 3.05) is 11.9 Å². The molecule has 0 aliphatic carbocycles. The van der Waals surface area contributed by atoms with Gasteiger partial charge in [0, 0.05) is 5.56 Å². The number of hydrogen-bond acceptors (Lipinski definition) is 3. The van der Waals surface area contributed by atoms with E-state index in [4.69, 9.17) is 17.0 Å². The van der Waals surface area contributed by atoms with Gasteiger partial charge in [0.15, 0.2) is 5.11 Å². The summed E-state index contributed by atoms with van der Waals surface area (Å²) < 4.78 is 18.6. The van der Waals surface area contributed by atoms with Crippen molar-refractivity contribution in [1.82, 2.24) is 5.32 Å². The number of halogens is 1. The maximum Gasteiger partial charge on any atom is 0.257 e. The Bertz CT molecular complexity index is 704. The first-order chi connectivity index (χ1) is 11.6. The SMILES string of the molecule is CCCCOc1ccccc1NC(=S)NC(=O)c1ccc(F)cc1. The Kier molecular flexibility index (Phi) is 6.69. The second kappa shape index (κ2) is 8.98. The van der Waals surface area contributed by atoms with Crippen LogP contribution in [-0.4, -0.2) is 17.6 Å². The number of thiocarbonyl (C=S) groups is 1. The van der Waals surface area contributed by atoms with Gasteiger partial charge in [-0.25, -0.2) is 4.39 Å². The highest BCUT2D eigenvalue weighted by molar-refractivity contribution is 7.80. The minimum absolute atomic E-state index is 0.149. The van der Waals surface area contributed by atoms with Gasteiger partial charge < -0.3 is 10.1 Å². The first-order valence-electron chi connectivity index (χ1n) is 7.70. The Morgan fingerprint density at radius 2 is 1.88 bits per heavy atom. The molecule has 0 aromatic heterocycles. The monoisotopic (exact) mass is 346 g/mol. The van der Waals surface area contributed by atoms with Crippen LogP contribution in [-0.2, 0) is 0 Å². The number of nitrogens with one attached hydrogen (secondary N) is 2. The maximum atomic E-state index is 12.9. The number of benzene rings is 2. The molecule has 2 N–H and O–H groups in total. The fourth-order valence-electron chi connectivity index (χ4n) is 1.95. The first kappa shape index (κ1) is 17.9. The van der Waals surface area contributed by atoms with Crippen molar-refractivity contribution in [3.8, 4) is 5.75 Å². The molecule has 2 aromatic carbocycles. The lowest BCUT2D eigenvalue weighted by atomic mass is 10.2. The predicted octanol–water partition coefficient (Wildman–Crippen LogP) is 4.13. The highest BCUT2D eigenvalue weighted by Crippen LogP contribution is 2.23. The molecule has 0 atom stereocenters. The molecular weight excluding hydrogens is 327 g/mol. The summed E-state index contributed by atoms with van der Waals surface area (Å²) in [5.74, 6) is -0.133. The number of rotatable bonds is 6. The molecule has 0 heterocycles. The van der Waals surface area contributed by atoms with E-state index in [1.807, 2.05) is 24.3 Å². The molecule has 0 saturated heterocycles. The van der Waals surface area contributed by atoms with Crippen LogP contribution >= 0.6 is 12.2 Å². The molecule has 0 aliphatic rings. The van der Waals surface area contributed by atoms with Gasteiger partial charge in [-0.3, -0.25) is 10.1 Å². The quantitative estimate of drug-likeness (QED) is 0.610. The average molecular weight is 346 g/mol. The van der Waals surface area contributed by atoms with E-state index in [9.17, 15) is 9.18 Å². The molecule has 0 fully saturated rings. The third-order valence-corrected chi connectivity index (χ3v) is 3.43. The number of carbonyl (C=O) groups excluding carboxylic acids is 1. The van der Waals surface area contributed by atoms with E-state index in [-0.39, 0.29) is 5.11 Å². The highest BCUT2D eigenvalue weighted by Gasteiger charge is 2.10. The number of hydrogen-bond donors (Lipinski definition) is 2. The Balaban J connectivity index is 1.96. The summed E-state index contributed by atoms with van der Waals surface area (Å²) in [5, 5.41) is 5.66. The Labute approximate surface area is 146 Å². The molecule has 0 unspecified atom stereocenters. The number of unbranched alkanes of at least 4 members (excludes halogenated alkanes) is 1. The number of anilines is 1. The fraction of sp³-hybridized carbons (Fsp3) is 0.222. The molecule has 0 saturated carbocycles. The molecule has 24 heavy (non-hydrogen) atoms. The van der Waals surface area contributed by atoms with Gasteiger partial charge >= 0.3 is 0 Å². The van der Waals surface area contributed by atoms with Crippen molar-refractivity contribution in [2.24, 2.45) is 0 Å². The molecule has 2 aromatic rings. The molecule has 2 rings (SSSR count). The summed E-state index contributed by atoms with van der Waals surface area (Å²) in [6.45, 7) is 2.71. The van der Waals surface area contributed by atoms with Crippen molar-refractivity contribution >= 4 is 28.9 Å². The maximum absolute atomic E-state index is 12.9. The van der Waals surface area contributed by atoms with E-state index in [1.165, 1.54) is 24.3 Å².